The Morgan fingerprint density at radius 2 is 2.00 bits per heavy atom. The number of phenols is 1. The lowest BCUT2D eigenvalue weighted by atomic mass is 9.77. The zero-order chi connectivity index (χ0) is 13.7. The first-order valence-corrected chi connectivity index (χ1v) is 7.58. The lowest BCUT2D eigenvalue weighted by Gasteiger charge is -2.37. The van der Waals surface area contributed by atoms with E-state index in [0.29, 0.717) is 24.0 Å². The third kappa shape index (κ3) is 2.58. The summed E-state index contributed by atoms with van der Waals surface area (Å²) in [4.78, 5) is -0.0906. The van der Waals surface area contributed by atoms with Crippen LogP contribution in [0.5, 0.6) is 5.75 Å². The average Bonchev–Trinajstić information content (AvgIpc) is 2.21. The van der Waals surface area contributed by atoms with E-state index in [1.807, 2.05) is 0 Å². The van der Waals surface area contributed by atoms with Gasteiger partial charge in [-0.1, -0.05) is 6.07 Å². The Hall–Kier alpha value is -0.820. The third-order valence-corrected chi connectivity index (χ3v) is 4.78. The zero-order valence-corrected chi connectivity index (χ0v) is 12.4. The predicted octanol–water partition coefficient (Wildman–Crippen LogP) is 0.699. The fraction of sp³-hybridized carbons (Fsp3) is 0.500. The van der Waals surface area contributed by atoms with E-state index in [4.69, 9.17) is 5.73 Å². The van der Waals surface area contributed by atoms with Crippen LogP contribution in [0.2, 0.25) is 0 Å². The molecule has 2 rings (SSSR count). The Bertz CT molecular complexity index is 598. The quantitative estimate of drug-likeness (QED) is 0.709. The van der Waals surface area contributed by atoms with Crippen LogP contribution in [0.3, 0.4) is 0 Å². The number of hydrogen-bond acceptors (Lipinski definition) is 5. The second-order valence-corrected chi connectivity index (χ2v) is 6.96. The molecule has 1 aromatic rings. The van der Waals surface area contributed by atoms with Gasteiger partial charge in [-0.15, -0.1) is 12.4 Å². The minimum atomic E-state index is -3.54. The van der Waals surface area contributed by atoms with Crippen LogP contribution >= 0.6 is 12.4 Å². The minimum absolute atomic E-state index is 0. The summed E-state index contributed by atoms with van der Waals surface area (Å²) < 4.78 is 23.5. The Labute approximate surface area is 118 Å². The number of fused-ring (bicyclic) bond motifs is 1. The van der Waals surface area contributed by atoms with Crippen molar-refractivity contribution >= 4 is 22.2 Å². The maximum Gasteiger partial charge on any atom is 0.179 e. The smallest absolute Gasteiger partial charge is 0.179 e. The lowest BCUT2D eigenvalue weighted by molar-refractivity contribution is 0.0183. The molecule has 0 aliphatic heterocycles. The highest BCUT2D eigenvalue weighted by Crippen LogP contribution is 2.40. The van der Waals surface area contributed by atoms with Gasteiger partial charge in [0.1, 0.15) is 16.2 Å². The molecular formula is C12H18ClNO4S. The molecule has 0 amide bonds. The first-order valence-electron chi connectivity index (χ1n) is 5.69. The Kier molecular flexibility index (Phi) is 4.22. The number of phenolic OH excluding ortho intramolecular Hbond substituents is 1. The number of hydrogen-bond donors (Lipinski definition) is 3. The molecule has 0 heterocycles. The highest BCUT2D eigenvalue weighted by Gasteiger charge is 2.39. The molecule has 0 bridgehead atoms. The van der Waals surface area contributed by atoms with Gasteiger partial charge in [-0.25, -0.2) is 8.42 Å². The summed E-state index contributed by atoms with van der Waals surface area (Å²) in [5.74, 6) is -0.275. The van der Waals surface area contributed by atoms with Gasteiger partial charge in [0, 0.05) is 12.3 Å². The maximum atomic E-state index is 11.7. The molecule has 2 unspecified atom stereocenters. The van der Waals surface area contributed by atoms with Crippen LogP contribution in [0.15, 0.2) is 17.0 Å². The number of halogens is 1. The van der Waals surface area contributed by atoms with Crippen LogP contribution < -0.4 is 5.73 Å². The second-order valence-electron chi connectivity index (χ2n) is 5.00. The van der Waals surface area contributed by atoms with Gasteiger partial charge in [0.15, 0.2) is 9.84 Å². The topological polar surface area (TPSA) is 101 Å². The molecule has 0 saturated heterocycles. The normalized spacial score (nSPS) is 26.4. The number of rotatable bonds is 1. The van der Waals surface area contributed by atoms with Gasteiger partial charge < -0.3 is 15.9 Å². The largest absolute Gasteiger partial charge is 0.507 e. The van der Waals surface area contributed by atoms with Gasteiger partial charge in [0.05, 0.1) is 0 Å². The van der Waals surface area contributed by atoms with Crippen LogP contribution in [0.1, 0.15) is 24.5 Å². The van der Waals surface area contributed by atoms with E-state index in [2.05, 4.69) is 0 Å². The molecule has 0 fully saturated rings. The van der Waals surface area contributed by atoms with Crippen molar-refractivity contribution in [1.29, 1.82) is 0 Å². The first-order chi connectivity index (χ1) is 8.15. The van der Waals surface area contributed by atoms with Crippen molar-refractivity contribution in [2.75, 3.05) is 6.26 Å². The zero-order valence-electron chi connectivity index (χ0n) is 10.8. The molecule has 5 nitrogen and oxygen atoms in total. The van der Waals surface area contributed by atoms with Crippen LogP contribution in [-0.4, -0.2) is 30.9 Å². The van der Waals surface area contributed by atoms with E-state index in [1.54, 1.807) is 13.0 Å². The van der Waals surface area contributed by atoms with Crippen molar-refractivity contribution in [2.24, 2.45) is 5.73 Å². The van der Waals surface area contributed by atoms with Gasteiger partial charge in [-0.3, -0.25) is 0 Å². The summed E-state index contributed by atoms with van der Waals surface area (Å²) in [6.07, 6.45) is 1.96. The molecule has 1 aromatic carbocycles. The summed E-state index contributed by atoms with van der Waals surface area (Å²) in [6, 6.07) is 2.39. The first kappa shape index (κ1) is 16.2. The van der Waals surface area contributed by atoms with E-state index in [9.17, 15) is 18.6 Å². The molecule has 1 aliphatic rings. The Morgan fingerprint density at radius 3 is 2.53 bits per heavy atom. The standard InChI is InChI=1S/C12H17NO4S.ClH/c1-12(15)8-4-5-9(14)11(18(2,16)17)7(8)3-6-10(12)13;/h4-5,10,14-15H,3,6,13H2,1-2H3;1H. The van der Waals surface area contributed by atoms with E-state index in [1.165, 1.54) is 6.07 Å². The molecule has 0 spiro atoms. The molecule has 2 atom stereocenters. The SMILES string of the molecule is CC1(O)c2ccc(O)c(S(C)(=O)=O)c2CCC1N.Cl. The molecule has 0 aromatic heterocycles. The molecule has 1 aliphatic carbocycles. The molecule has 108 valence electrons. The number of aromatic hydroxyl groups is 1. The summed E-state index contributed by atoms with van der Waals surface area (Å²) >= 11 is 0. The van der Waals surface area contributed by atoms with Gasteiger partial charge in [-0.2, -0.15) is 0 Å². The summed E-state index contributed by atoms with van der Waals surface area (Å²) in [5.41, 5.74) is 5.55. The van der Waals surface area contributed by atoms with Gasteiger partial charge in [0.25, 0.3) is 0 Å². The summed E-state index contributed by atoms with van der Waals surface area (Å²) in [7, 11) is -3.54. The number of aliphatic hydroxyl groups is 1. The van der Waals surface area contributed by atoms with E-state index < -0.39 is 21.5 Å². The molecule has 0 saturated carbocycles. The highest BCUT2D eigenvalue weighted by molar-refractivity contribution is 7.90. The predicted molar refractivity (Wildman–Crippen MR) is 74.3 cm³/mol. The fourth-order valence-corrected chi connectivity index (χ4v) is 3.64. The van der Waals surface area contributed by atoms with Gasteiger partial charge in [-0.05, 0) is 37.0 Å². The van der Waals surface area contributed by atoms with Gasteiger partial charge >= 0.3 is 0 Å². The van der Waals surface area contributed by atoms with E-state index in [-0.39, 0.29) is 23.1 Å². The fourth-order valence-electron chi connectivity index (χ4n) is 2.53. The molecule has 4 N–H and O–H groups in total. The molecule has 0 radical (unpaired) electrons. The van der Waals surface area contributed by atoms with Crippen LogP contribution in [-0.2, 0) is 21.9 Å². The lowest BCUT2D eigenvalue weighted by Crippen LogP contribution is -2.47. The number of sulfone groups is 1. The van der Waals surface area contributed by atoms with Crippen molar-refractivity contribution in [3.63, 3.8) is 0 Å². The number of nitrogens with two attached hydrogens (primary N) is 1. The number of benzene rings is 1. The molecular weight excluding hydrogens is 290 g/mol. The highest BCUT2D eigenvalue weighted by atomic mass is 35.5. The minimum Gasteiger partial charge on any atom is -0.507 e. The van der Waals surface area contributed by atoms with Crippen molar-refractivity contribution in [1.82, 2.24) is 0 Å². The Balaban J connectivity index is 0.00000180. The van der Waals surface area contributed by atoms with Crippen molar-refractivity contribution in [3.8, 4) is 5.75 Å². The van der Waals surface area contributed by atoms with Crippen molar-refractivity contribution in [2.45, 2.75) is 36.3 Å². The van der Waals surface area contributed by atoms with E-state index >= 15 is 0 Å². The third-order valence-electron chi connectivity index (χ3n) is 3.58. The van der Waals surface area contributed by atoms with Gasteiger partial charge in [0.2, 0.25) is 0 Å². The van der Waals surface area contributed by atoms with Crippen LogP contribution in [0.4, 0.5) is 0 Å². The van der Waals surface area contributed by atoms with Crippen LogP contribution in [0.25, 0.3) is 0 Å². The van der Waals surface area contributed by atoms with Crippen molar-refractivity contribution in [3.05, 3.63) is 23.3 Å². The average molecular weight is 308 g/mol. The molecule has 7 heteroatoms. The molecule has 19 heavy (non-hydrogen) atoms. The Morgan fingerprint density at radius 1 is 1.42 bits per heavy atom. The summed E-state index contributed by atoms with van der Waals surface area (Å²) in [5, 5.41) is 20.1. The maximum absolute atomic E-state index is 11.7. The monoisotopic (exact) mass is 307 g/mol. The van der Waals surface area contributed by atoms with Crippen molar-refractivity contribution < 1.29 is 18.6 Å². The van der Waals surface area contributed by atoms with E-state index in [0.717, 1.165) is 6.26 Å². The summed E-state index contributed by atoms with van der Waals surface area (Å²) in [6.45, 7) is 1.57. The van der Waals surface area contributed by atoms with Crippen LogP contribution in [0, 0.1) is 0 Å². The second kappa shape index (κ2) is 4.94.